The van der Waals surface area contributed by atoms with E-state index in [2.05, 4.69) is 40.8 Å². The highest BCUT2D eigenvalue weighted by Gasteiger charge is 2.59. The molecule has 0 amide bonds. The largest absolute Gasteiger partial charge is 0.463 e. The fourth-order valence-corrected chi connectivity index (χ4v) is 9.13. The topological polar surface area (TPSA) is 190 Å². The molecule has 1 unspecified atom stereocenters. The Morgan fingerprint density at radius 3 is 1.55 bits per heavy atom. The lowest BCUT2D eigenvalue weighted by molar-refractivity contribution is -0.347. The van der Waals surface area contributed by atoms with Crippen LogP contribution in [0.1, 0.15) is 192 Å². The van der Waals surface area contributed by atoms with Crippen LogP contribution in [0.5, 0.6) is 0 Å². The first-order valence-electron chi connectivity index (χ1n) is 25.6. The predicted octanol–water partition coefficient (Wildman–Crippen LogP) is 9.49. The van der Waals surface area contributed by atoms with Crippen LogP contribution in [-0.4, -0.2) is 124 Å². The maximum Gasteiger partial charge on any atom is 0.306 e. The van der Waals surface area contributed by atoms with E-state index < -0.39 is 112 Å². The number of aliphatic hydroxyl groups is 1. The van der Waals surface area contributed by atoms with E-state index in [0.29, 0.717) is 25.7 Å². The van der Waals surface area contributed by atoms with E-state index in [1.165, 1.54) is 0 Å². The number of carbonyl (C=O) groups excluding carboxylic acids is 4. The van der Waals surface area contributed by atoms with Crippen LogP contribution in [0.15, 0.2) is 0 Å². The van der Waals surface area contributed by atoms with Gasteiger partial charge in [-0.25, -0.2) is 0 Å². The van der Waals surface area contributed by atoms with E-state index in [1.54, 1.807) is 27.7 Å². The smallest absolute Gasteiger partial charge is 0.306 e. The monoisotopic (exact) mass is 975 g/mol. The normalized spacial score (nSPS) is 27.6. The molecular formula is C50H90O16Si. The van der Waals surface area contributed by atoms with Gasteiger partial charge in [0.25, 0.3) is 0 Å². The molecule has 0 aromatic heterocycles. The van der Waals surface area contributed by atoms with Gasteiger partial charge in [-0.05, 0) is 71.5 Å². The van der Waals surface area contributed by atoms with Crippen molar-refractivity contribution in [3.05, 3.63) is 0 Å². The van der Waals surface area contributed by atoms with Crippen molar-refractivity contribution in [1.82, 2.24) is 0 Å². The average Bonchev–Trinajstić information content (AvgIpc) is 3.74. The third kappa shape index (κ3) is 19.5. The van der Waals surface area contributed by atoms with E-state index >= 15 is 0 Å². The van der Waals surface area contributed by atoms with Crippen molar-refractivity contribution in [1.29, 1.82) is 0 Å². The summed E-state index contributed by atoms with van der Waals surface area (Å²) in [7, 11) is -2.24. The summed E-state index contributed by atoms with van der Waals surface area (Å²) in [6, 6.07) is 0. The molecule has 0 aliphatic carbocycles. The number of unbranched alkanes of at least 4 members (excludes halogenated alkanes) is 10. The molecule has 3 rings (SSSR count). The molecule has 3 aliphatic heterocycles. The second-order valence-corrected chi connectivity index (χ2v) is 25.7. The van der Waals surface area contributed by atoms with E-state index in [4.69, 9.17) is 51.8 Å². The molecule has 17 heteroatoms. The molecule has 0 bridgehead atoms. The first-order chi connectivity index (χ1) is 31.5. The van der Waals surface area contributed by atoms with Crippen molar-refractivity contribution < 1.29 is 76.1 Å². The highest BCUT2D eigenvalue weighted by atomic mass is 28.4. The van der Waals surface area contributed by atoms with Crippen molar-refractivity contribution in [2.75, 3.05) is 13.2 Å². The summed E-state index contributed by atoms with van der Waals surface area (Å²) in [5.74, 6) is -4.62. The Kier molecular flexibility index (Phi) is 24.7. The zero-order chi connectivity index (χ0) is 50.0. The van der Waals surface area contributed by atoms with Crippen LogP contribution in [0.2, 0.25) is 18.1 Å². The first kappa shape index (κ1) is 59.1. The van der Waals surface area contributed by atoms with Gasteiger partial charge in [0.05, 0.1) is 6.61 Å². The zero-order valence-corrected chi connectivity index (χ0v) is 44.5. The van der Waals surface area contributed by atoms with Crippen molar-refractivity contribution in [3.63, 3.8) is 0 Å². The number of carbonyl (C=O) groups is 4. The molecule has 67 heavy (non-hydrogen) atoms. The van der Waals surface area contributed by atoms with Crippen LogP contribution >= 0.6 is 0 Å². The molecule has 16 nitrogen and oxygen atoms in total. The minimum atomic E-state index is -2.24. The van der Waals surface area contributed by atoms with Crippen LogP contribution in [0, 0.1) is 0 Å². The van der Waals surface area contributed by atoms with Crippen LogP contribution in [-0.2, 0) is 71.0 Å². The van der Waals surface area contributed by atoms with Gasteiger partial charge in [0.2, 0.25) is 6.29 Å². The number of rotatable bonds is 30. The van der Waals surface area contributed by atoms with Gasteiger partial charge in [-0.15, -0.1) is 0 Å². The molecule has 3 saturated heterocycles. The molecule has 0 aromatic carbocycles. The lowest BCUT2D eigenvalue weighted by Gasteiger charge is -2.45. The van der Waals surface area contributed by atoms with Crippen LogP contribution in [0.3, 0.4) is 0 Å². The Morgan fingerprint density at radius 1 is 0.567 bits per heavy atom. The molecule has 0 saturated carbocycles. The van der Waals surface area contributed by atoms with E-state index in [9.17, 15) is 24.3 Å². The van der Waals surface area contributed by atoms with E-state index in [1.807, 2.05) is 20.8 Å². The Balaban J connectivity index is 2.09. The lowest BCUT2D eigenvalue weighted by atomic mass is 9.97. The van der Waals surface area contributed by atoms with Gasteiger partial charge in [-0.2, -0.15) is 0 Å². The Labute approximate surface area is 403 Å². The number of hydrogen-bond acceptors (Lipinski definition) is 16. The Hall–Kier alpha value is -2.22. The van der Waals surface area contributed by atoms with Gasteiger partial charge in [-0.1, -0.05) is 113 Å². The summed E-state index contributed by atoms with van der Waals surface area (Å²) in [5, 5.41) is 12.2. The van der Waals surface area contributed by atoms with Crippen LogP contribution in [0.25, 0.3) is 0 Å². The molecule has 0 radical (unpaired) electrons. The Bertz CT molecular complexity index is 1500. The molecule has 3 aliphatic rings. The molecule has 3 heterocycles. The molecule has 0 aromatic rings. The SMILES string of the molecule is CCCCCCCC(=O)O[C@@H]1[C@H](OC(O)[C@@H]2OC(C)(C)O[C@H]2[C@H]2OC(C)(C)O[C@@H]2CO[Si](C)(C)C(C)(C)C)O[C@H](COC(=O)CCCCC)[C@@H](OC(=O)CCCCC)[C@@H]1OC(=O)CCCCC. The molecule has 10 atom stereocenters. The fraction of sp³-hybridized carbons (Fsp3) is 0.920. The highest BCUT2D eigenvalue weighted by molar-refractivity contribution is 6.74. The van der Waals surface area contributed by atoms with Crippen LogP contribution < -0.4 is 0 Å². The second kappa shape index (κ2) is 28.0. The van der Waals surface area contributed by atoms with Crippen molar-refractivity contribution in [2.24, 2.45) is 0 Å². The molecular weight excluding hydrogens is 885 g/mol. The fourth-order valence-electron chi connectivity index (χ4n) is 8.12. The van der Waals surface area contributed by atoms with Gasteiger partial charge in [-0.3, -0.25) is 19.2 Å². The maximum absolute atomic E-state index is 13.8. The molecule has 3 fully saturated rings. The highest BCUT2D eigenvalue weighted by Crippen LogP contribution is 2.42. The third-order valence-electron chi connectivity index (χ3n) is 12.9. The van der Waals surface area contributed by atoms with E-state index in [0.717, 1.165) is 64.2 Å². The Morgan fingerprint density at radius 2 is 1.01 bits per heavy atom. The van der Waals surface area contributed by atoms with Gasteiger partial charge in [0.1, 0.15) is 37.1 Å². The lowest BCUT2D eigenvalue weighted by Crippen LogP contribution is -2.64. The minimum Gasteiger partial charge on any atom is -0.463 e. The molecule has 0 spiro atoms. The average molecular weight is 975 g/mol. The minimum absolute atomic E-state index is 0.0375. The number of hydrogen-bond donors (Lipinski definition) is 1. The number of ether oxygens (including phenoxy) is 10. The number of esters is 4. The van der Waals surface area contributed by atoms with Gasteiger partial charge < -0.3 is 56.9 Å². The van der Waals surface area contributed by atoms with Crippen molar-refractivity contribution in [2.45, 2.75) is 283 Å². The quantitative estimate of drug-likeness (QED) is 0.0235. The summed E-state index contributed by atoms with van der Waals surface area (Å²) >= 11 is 0. The maximum atomic E-state index is 13.8. The van der Waals surface area contributed by atoms with E-state index in [-0.39, 0.29) is 37.3 Å². The van der Waals surface area contributed by atoms with Crippen LogP contribution in [0.4, 0.5) is 0 Å². The summed E-state index contributed by atoms with van der Waals surface area (Å²) in [5.41, 5.74) is 0. The number of aliphatic hydroxyl groups excluding tert-OH is 1. The van der Waals surface area contributed by atoms with Gasteiger partial charge in [0, 0.05) is 25.7 Å². The third-order valence-corrected chi connectivity index (χ3v) is 17.4. The van der Waals surface area contributed by atoms with Crippen molar-refractivity contribution in [3.8, 4) is 0 Å². The predicted molar refractivity (Wildman–Crippen MR) is 253 cm³/mol. The first-order valence-corrected chi connectivity index (χ1v) is 28.5. The standard InChI is InChI=1S/C50H90O16Si/c1-14-18-22-23-27-31-39(54)61-45-42(60-38(53)30-26-21-17-4)40(59-37(52)29-25-20-16-3)34(32-56-36(51)28-24-19-15-2)58-47(45)62-46(55)44-43(65-50(10,11)66-44)41-35(63-49(8,9)64-41)33-57-67(12,13)48(5,6)7/h34-35,40-47,55H,14-33H2,1-13H3/t34-,35-,40-,41+,42+,43+,44-,45+,46?,47+/m1/s1. The second-order valence-electron chi connectivity index (χ2n) is 20.9. The van der Waals surface area contributed by atoms with Gasteiger partial charge >= 0.3 is 23.9 Å². The molecule has 390 valence electrons. The summed E-state index contributed by atoms with van der Waals surface area (Å²) in [4.78, 5) is 54.1. The van der Waals surface area contributed by atoms with Gasteiger partial charge in [0.15, 0.2) is 44.5 Å². The molecule has 1 N–H and O–H groups in total. The summed E-state index contributed by atoms with van der Waals surface area (Å²) in [6.07, 6.45) is -1.54. The summed E-state index contributed by atoms with van der Waals surface area (Å²) < 4.78 is 69.4. The zero-order valence-electron chi connectivity index (χ0n) is 43.5. The summed E-state index contributed by atoms with van der Waals surface area (Å²) in [6.45, 7) is 25.7. The van der Waals surface area contributed by atoms with Crippen molar-refractivity contribution >= 4 is 32.2 Å².